The van der Waals surface area contributed by atoms with Crippen LogP contribution in [0.15, 0.2) is 144 Å². The number of hydrogen-bond acceptors (Lipinski definition) is 4. The van der Waals surface area contributed by atoms with Crippen molar-refractivity contribution in [1.82, 2.24) is 0 Å². The monoisotopic (exact) mass is 519 g/mol. The van der Waals surface area contributed by atoms with Gasteiger partial charge in [-0.2, -0.15) is 0 Å². The Labute approximate surface area is 234 Å². The Kier molecular flexibility index (Phi) is 6.14. The maximum Gasteiger partial charge on any atom is 0.200 e. The van der Waals surface area contributed by atoms with Crippen LogP contribution in [0.25, 0.3) is 22.3 Å². The van der Waals surface area contributed by atoms with E-state index in [1.165, 1.54) is 22.3 Å². The second-order valence-corrected chi connectivity index (χ2v) is 10.1. The molecule has 1 N–H and O–H groups in total. The van der Waals surface area contributed by atoms with Crippen molar-refractivity contribution in [3.8, 4) is 28.0 Å². The molecule has 0 bridgehead atoms. The van der Waals surface area contributed by atoms with Crippen LogP contribution in [0.1, 0.15) is 11.5 Å². The molecule has 4 nitrogen and oxygen atoms in total. The highest BCUT2D eigenvalue weighted by Crippen LogP contribution is 2.44. The Morgan fingerprint density at radius 3 is 2.12 bits per heavy atom. The van der Waals surface area contributed by atoms with Gasteiger partial charge in [-0.1, -0.05) is 97.1 Å². The van der Waals surface area contributed by atoms with Crippen LogP contribution in [0.4, 0.5) is 17.1 Å². The van der Waals surface area contributed by atoms with Gasteiger partial charge in [0.2, 0.25) is 0 Å². The molecular weight excluding hydrogens is 490 g/mol. The van der Waals surface area contributed by atoms with Gasteiger partial charge in [-0.25, -0.2) is 4.99 Å². The molecule has 2 atom stereocenters. The summed E-state index contributed by atoms with van der Waals surface area (Å²) in [4.78, 5) is 7.05. The maximum atomic E-state index is 6.25. The predicted molar refractivity (Wildman–Crippen MR) is 166 cm³/mol. The molecule has 0 fully saturated rings. The van der Waals surface area contributed by atoms with Crippen molar-refractivity contribution in [2.45, 2.75) is 12.1 Å². The van der Waals surface area contributed by atoms with E-state index in [9.17, 15) is 0 Å². The molecule has 0 radical (unpaired) electrons. The molecule has 2 aliphatic rings. The number of rotatable bonds is 6. The number of para-hydroxylation sites is 2. The van der Waals surface area contributed by atoms with E-state index in [1.807, 2.05) is 18.3 Å². The lowest BCUT2D eigenvalue weighted by atomic mass is 9.95. The van der Waals surface area contributed by atoms with Gasteiger partial charge in [0.1, 0.15) is 5.75 Å². The highest BCUT2D eigenvalue weighted by Gasteiger charge is 2.35. The first-order valence-electron chi connectivity index (χ1n) is 13.6. The van der Waals surface area contributed by atoms with Crippen LogP contribution in [0.2, 0.25) is 0 Å². The van der Waals surface area contributed by atoms with Gasteiger partial charge in [-0.05, 0) is 47.5 Å². The lowest BCUT2D eigenvalue weighted by molar-refractivity contribution is 0.229. The SMILES string of the molecule is CN(C1=CC2c3cc(Nc4ccccc4-c4ccccc4)ccc3OC2N=C1)c1ccccc1-c1ccccc1. The molecule has 0 aromatic heterocycles. The molecule has 40 heavy (non-hydrogen) atoms. The highest BCUT2D eigenvalue weighted by atomic mass is 16.5. The smallest absolute Gasteiger partial charge is 0.200 e. The summed E-state index contributed by atoms with van der Waals surface area (Å²) in [6, 6.07) is 44.2. The number of dihydropyridines is 1. The average Bonchev–Trinajstić information content (AvgIpc) is 3.39. The number of nitrogens with one attached hydrogen (secondary N) is 1. The van der Waals surface area contributed by atoms with E-state index in [2.05, 4.69) is 139 Å². The van der Waals surface area contributed by atoms with Crippen molar-refractivity contribution in [3.05, 3.63) is 145 Å². The normalized spacial score (nSPS) is 16.9. The molecule has 4 heteroatoms. The summed E-state index contributed by atoms with van der Waals surface area (Å²) in [6.07, 6.45) is 3.97. The number of nitrogens with zero attached hydrogens (tertiary/aromatic N) is 2. The Morgan fingerprint density at radius 1 is 0.700 bits per heavy atom. The third kappa shape index (κ3) is 4.44. The standard InChI is InChI=1S/C36H29N3O/c1-39(34-19-11-9-17-30(34)26-14-6-3-7-15-26)28-23-32-31-22-27(20-21-35(31)40-36(32)37-24-28)38-33-18-10-8-16-29(33)25-12-4-2-5-13-25/h2-24,32,36,38H,1H3. The summed E-state index contributed by atoms with van der Waals surface area (Å²) in [7, 11) is 2.11. The van der Waals surface area contributed by atoms with Crippen molar-refractivity contribution < 1.29 is 4.74 Å². The van der Waals surface area contributed by atoms with Crippen LogP contribution in [0.3, 0.4) is 0 Å². The number of hydrogen-bond donors (Lipinski definition) is 1. The predicted octanol–water partition coefficient (Wildman–Crippen LogP) is 8.67. The highest BCUT2D eigenvalue weighted by molar-refractivity contribution is 5.90. The van der Waals surface area contributed by atoms with Gasteiger partial charge in [0.05, 0.1) is 11.6 Å². The summed E-state index contributed by atoms with van der Waals surface area (Å²) in [6.45, 7) is 0. The van der Waals surface area contributed by atoms with Crippen molar-refractivity contribution in [3.63, 3.8) is 0 Å². The zero-order chi connectivity index (χ0) is 26.9. The second-order valence-electron chi connectivity index (χ2n) is 10.1. The van der Waals surface area contributed by atoms with E-state index < -0.39 is 0 Å². The van der Waals surface area contributed by atoms with E-state index in [4.69, 9.17) is 9.73 Å². The maximum absolute atomic E-state index is 6.25. The van der Waals surface area contributed by atoms with Gasteiger partial charge >= 0.3 is 0 Å². The van der Waals surface area contributed by atoms with Crippen molar-refractivity contribution in [1.29, 1.82) is 0 Å². The van der Waals surface area contributed by atoms with Gasteiger partial charge in [0.15, 0.2) is 6.23 Å². The number of anilines is 3. The summed E-state index contributed by atoms with van der Waals surface area (Å²) < 4.78 is 6.25. The van der Waals surface area contributed by atoms with Crippen molar-refractivity contribution in [2.24, 2.45) is 4.99 Å². The van der Waals surface area contributed by atoms with Crippen molar-refractivity contribution >= 4 is 23.3 Å². The van der Waals surface area contributed by atoms with E-state index in [1.54, 1.807) is 0 Å². The molecule has 2 unspecified atom stereocenters. The molecule has 0 amide bonds. The van der Waals surface area contributed by atoms with Gasteiger partial charge in [-0.3, -0.25) is 0 Å². The zero-order valence-corrected chi connectivity index (χ0v) is 22.2. The number of fused-ring (bicyclic) bond motifs is 3. The minimum atomic E-state index is -0.247. The molecular formula is C36H29N3O. The third-order valence-electron chi connectivity index (χ3n) is 7.66. The van der Waals surface area contributed by atoms with E-state index in [-0.39, 0.29) is 12.1 Å². The lowest BCUT2D eigenvalue weighted by Gasteiger charge is -2.27. The van der Waals surface area contributed by atoms with Gasteiger partial charge in [-0.15, -0.1) is 0 Å². The number of benzene rings is 5. The van der Waals surface area contributed by atoms with E-state index in [0.29, 0.717) is 0 Å². The Hall–Kier alpha value is -5.09. The minimum Gasteiger partial charge on any atom is -0.467 e. The molecule has 5 aromatic carbocycles. The van der Waals surface area contributed by atoms with Crippen LogP contribution >= 0.6 is 0 Å². The molecule has 2 heterocycles. The lowest BCUT2D eigenvalue weighted by Crippen LogP contribution is -2.26. The Balaban J connectivity index is 1.19. The fraction of sp³-hybridized carbons (Fsp3) is 0.0833. The number of ether oxygens (including phenoxy) is 1. The molecule has 0 saturated carbocycles. The summed E-state index contributed by atoms with van der Waals surface area (Å²) in [5.41, 5.74) is 10.2. The summed E-state index contributed by atoms with van der Waals surface area (Å²) in [5, 5.41) is 3.66. The fourth-order valence-corrected chi connectivity index (χ4v) is 5.61. The van der Waals surface area contributed by atoms with Gasteiger partial charge in [0.25, 0.3) is 0 Å². The molecule has 2 aliphatic heterocycles. The first-order chi connectivity index (χ1) is 19.7. The van der Waals surface area contributed by atoms with Crippen LogP contribution in [0.5, 0.6) is 5.75 Å². The zero-order valence-electron chi connectivity index (χ0n) is 22.2. The fourth-order valence-electron chi connectivity index (χ4n) is 5.61. The molecule has 7 rings (SSSR count). The quantitative estimate of drug-likeness (QED) is 0.244. The first-order valence-corrected chi connectivity index (χ1v) is 13.6. The summed E-state index contributed by atoms with van der Waals surface area (Å²) >= 11 is 0. The Morgan fingerprint density at radius 2 is 1.35 bits per heavy atom. The van der Waals surface area contributed by atoms with E-state index in [0.717, 1.165) is 34.1 Å². The van der Waals surface area contributed by atoms with Gasteiger partial charge in [0, 0.05) is 47.0 Å². The van der Waals surface area contributed by atoms with Crippen LogP contribution in [-0.4, -0.2) is 19.5 Å². The van der Waals surface area contributed by atoms with Crippen LogP contribution < -0.4 is 15.0 Å². The molecule has 5 aromatic rings. The summed E-state index contributed by atoms with van der Waals surface area (Å²) in [5.74, 6) is 0.923. The van der Waals surface area contributed by atoms with Crippen molar-refractivity contribution in [2.75, 3.05) is 17.3 Å². The number of allylic oxidation sites excluding steroid dienone is 1. The molecule has 0 saturated heterocycles. The topological polar surface area (TPSA) is 36.9 Å². The molecule has 194 valence electrons. The Bertz CT molecular complexity index is 1730. The largest absolute Gasteiger partial charge is 0.467 e. The first kappa shape index (κ1) is 24.0. The molecule has 0 spiro atoms. The number of aliphatic imine (C=N–C) groups is 1. The van der Waals surface area contributed by atoms with E-state index >= 15 is 0 Å². The second kappa shape index (κ2) is 10.2. The average molecular weight is 520 g/mol. The third-order valence-corrected chi connectivity index (χ3v) is 7.66. The van der Waals surface area contributed by atoms with Crippen LogP contribution in [-0.2, 0) is 0 Å². The minimum absolute atomic E-state index is 0.0347. The molecule has 0 aliphatic carbocycles. The van der Waals surface area contributed by atoms with Gasteiger partial charge < -0.3 is 15.0 Å². The van der Waals surface area contributed by atoms with Crippen LogP contribution in [0, 0.1) is 0 Å².